The van der Waals surface area contributed by atoms with Crippen molar-refractivity contribution in [3.05, 3.63) is 34.9 Å². The molecule has 6 heteroatoms. The van der Waals surface area contributed by atoms with Crippen molar-refractivity contribution >= 4 is 21.6 Å². The van der Waals surface area contributed by atoms with Crippen LogP contribution in [-0.4, -0.2) is 24.8 Å². The van der Waals surface area contributed by atoms with E-state index in [1.807, 2.05) is 0 Å². The van der Waals surface area contributed by atoms with Crippen LogP contribution in [0.4, 0.5) is 0 Å². The summed E-state index contributed by atoms with van der Waals surface area (Å²) in [7, 11) is -3.56. The first kappa shape index (κ1) is 15.4. The van der Waals surface area contributed by atoms with Crippen LogP contribution in [0.1, 0.15) is 32.4 Å². The van der Waals surface area contributed by atoms with E-state index in [-0.39, 0.29) is 0 Å². The van der Waals surface area contributed by atoms with E-state index in [2.05, 4.69) is 4.72 Å². The van der Waals surface area contributed by atoms with Gasteiger partial charge in [-0.1, -0.05) is 29.8 Å². The molecule has 1 rings (SSSR count). The Bertz CT molecular complexity index is 508. The van der Waals surface area contributed by atoms with Crippen molar-refractivity contribution in [3.8, 4) is 0 Å². The van der Waals surface area contributed by atoms with E-state index in [4.69, 9.17) is 11.6 Å². The van der Waals surface area contributed by atoms with E-state index >= 15 is 0 Å². The maximum absolute atomic E-state index is 11.8. The summed E-state index contributed by atoms with van der Waals surface area (Å²) in [5.41, 5.74) is -0.155. The lowest BCUT2D eigenvalue weighted by atomic mass is 10.1. The molecule has 1 atom stereocenters. The Kier molecular flexibility index (Phi) is 4.78. The fraction of sp³-hybridized carbons (Fsp3) is 0.500. The Morgan fingerprint density at radius 1 is 1.33 bits per heavy atom. The van der Waals surface area contributed by atoms with Gasteiger partial charge in [-0.15, -0.1) is 0 Å². The van der Waals surface area contributed by atoms with Crippen molar-refractivity contribution in [2.45, 2.75) is 32.4 Å². The molecule has 1 aromatic carbocycles. The SMILES string of the molecule is CC(C)(C)NS(=O)(=O)C[C@@H](O)c1ccccc1Cl. The number of halogens is 1. The van der Waals surface area contributed by atoms with Gasteiger partial charge in [0.25, 0.3) is 0 Å². The summed E-state index contributed by atoms with van der Waals surface area (Å²) in [5, 5.41) is 10.3. The molecule has 0 fully saturated rings. The number of sulfonamides is 1. The predicted octanol–water partition coefficient (Wildman–Crippen LogP) is 2.09. The third-order valence-corrected chi connectivity index (χ3v) is 4.13. The molecule has 0 amide bonds. The van der Waals surface area contributed by atoms with Crippen LogP contribution in [-0.2, 0) is 10.0 Å². The molecule has 0 radical (unpaired) electrons. The molecule has 0 aromatic heterocycles. The Hall–Kier alpha value is -0.620. The Labute approximate surface area is 113 Å². The van der Waals surface area contributed by atoms with Crippen molar-refractivity contribution in [1.82, 2.24) is 4.72 Å². The van der Waals surface area contributed by atoms with Gasteiger partial charge in [-0.05, 0) is 26.8 Å². The quantitative estimate of drug-likeness (QED) is 0.893. The standard InChI is InChI=1S/C12H18ClNO3S/c1-12(2,3)14-18(16,17)8-11(15)9-6-4-5-7-10(9)13/h4-7,11,14-15H,8H2,1-3H3/t11-/m1/s1. The number of nitrogens with one attached hydrogen (secondary N) is 1. The highest BCUT2D eigenvalue weighted by molar-refractivity contribution is 7.89. The summed E-state index contributed by atoms with van der Waals surface area (Å²) in [5.74, 6) is -0.409. The molecule has 0 spiro atoms. The van der Waals surface area contributed by atoms with Gasteiger partial charge in [-0.2, -0.15) is 0 Å². The molecule has 2 N–H and O–H groups in total. The van der Waals surface area contributed by atoms with Crippen LogP contribution in [0.2, 0.25) is 5.02 Å². The van der Waals surface area contributed by atoms with Crippen LogP contribution in [0.25, 0.3) is 0 Å². The van der Waals surface area contributed by atoms with E-state index in [0.29, 0.717) is 10.6 Å². The first-order chi connectivity index (χ1) is 8.11. The zero-order valence-corrected chi connectivity index (χ0v) is 12.2. The van der Waals surface area contributed by atoms with E-state index in [9.17, 15) is 13.5 Å². The molecule has 0 aliphatic rings. The van der Waals surface area contributed by atoms with Gasteiger partial charge in [0.1, 0.15) is 0 Å². The average molecular weight is 292 g/mol. The van der Waals surface area contributed by atoms with Gasteiger partial charge in [0.05, 0.1) is 11.9 Å². The van der Waals surface area contributed by atoms with E-state index in [1.165, 1.54) is 0 Å². The molecule has 0 saturated carbocycles. The zero-order chi connectivity index (χ0) is 14.0. The van der Waals surface area contributed by atoms with Gasteiger partial charge in [0, 0.05) is 16.1 Å². The second-order valence-electron chi connectivity index (χ2n) is 5.17. The second-order valence-corrected chi connectivity index (χ2v) is 7.34. The van der Waals surface area contributed by atoms with Crippen molar-refractivity contribution in [2.24, 2.45) is 0 Å². The maximum Gasteiger partial charge on any atom is 0.214 e. The monoisotopic (exact) mass is 291 g/mol. The molecule has 0 heterocycles. The molecule has 0 aliphatic heterocycles. The highest BCUT2D eigenvalue weighted by Gasteiger charge is 2.24. The number of hydrogen-bond acceptors (Lipinski definition) is 3. The Balaban J connectivity index is 2.83. The van der Waals surface area contributed by atoms with Gasteiger partial charge >= 0.3 is 0 Å². The largest absolute Gasteiger partial charge is 0.387 e. The summed E-state index contributed by atoms with van der Waals surface area (Å²) in [6.45, 7) is 5.23. The third-order valence-electron chi connectivity index (χ3n) is 2.10. The minimum absolute atomic E-state index is 0.357. The first-order valence-corrected chi connectivity index (χ1v) is 7.58. The fourth-order valence-corrected chi connectivity index (χ4v) is 3.42. The predicted molar refractivity (Wildman–Crippen MR) is 73.1 cm³/mol. The third kappa shape index (κ3) is 4.94. The fourth-order valence-electron chi connectivity index (χ4n) is 1.55. The molecule has 0 saturated heterocycles. The van der Waals surface area contributed by atoms with Crippen LogP contribution in [0, 0.1) is 0 Å². The maximum atomic E-state index is 11.8. The van der Waals surface area contributed by atoms with E-state index in [0.717, 1.165) is 0 Å². The highest BCUT2D eigenvalue weighted by atomic mass is 35.5. The summed E-state index contributed by atoms with van der Waals surface area (Å²) < 4.78 is 26.1. The normalized spacial score (nSPS) is 14.5. The molecule has 0 aliphatic carbocycles. The van der Waals surface area contributed by atoms with Crippen molar-refractivity contribution < 1.29 is 13.5 Å². The molecule has 0 unspecified atom stereocenters. The highest BCUT2D eigenvalue weighted by Crippen LogP contribution is 2.23. The second kappa shape index (κ2) is 5.57. The van der Waals surface area contributed by atoms with Crippen molar-refractivity contribution in [2.75, 3.05) is 5.75 Å². The van der Waals surface area contributed by atoms with Gasteiger partial charge < -0.3 is 5.11 Å². The van der Waals surface area contributed by atoms with Gasteiger partial charge in [0.2, 0.25) is 10.0 Å². The van der Waals surface area contributed by atoms with Crippen molar-refractivity contribution in [1.29, 1.82) is 0 Å². The summed E-state index contributed by atoms with van der Waals surface area (Å²) in [4.78, 5) is 0. The van der Waals surface area contributed by atoms with Crippen molar-refractivity contribution in [3.63, 3.8) is 0 Å². The minimum atomic E-state index is -3.56. The summed E-state index contributed by atoms with van der Waals surface area (Å²) in [6, 6.07) is 6.65. The molecule has 1 aromatic rings. The molecular formula is C12H18ClNO3S. The summed E-state index contributed by atoms with van der Waals surface area (Å²) >= 11 is 5.91. The average Bonchev–Trinajstić information content (AvgIpc) is 2.12. The topological polar surface area (TPSA) is 66.4 Å². The van der Waals surface area contributed by atoms with Crippen LogP contribution in [0.3, 0.4) is 0 Å². The van der Waals surface area contributed by atoms with Gasteiger partial charge in [0.15, 0.2) is 0 Å². The van der Waals surface area contributed by atoms with Crippen LogP contribution < -0.4 is 4.72 Å². The smallest absolute Gasteiger partial charge is 0.214 e. The van der Waals surface area contributed by atoms with Crippen LogP contribution in [0.15, 0.2) is 24.3 Å². The Morgan fingerprint density at radius 2 is 1.89 bits per heavy atom. The lowest BCUT2D eigenvalue weighted by Crippen LogP contribution is -2.42. The number of aliphatic hydroxyl groups is 1. The minimum Gasteiger partial charge on any atom is -0.387 e. The lowest BCUT2D eigenvalue weighted by Gasteiger charge is -2.22. The number of hydrogen-bond donors (Lipinski definition) is 2. The number of rotatable bonds is 4. The molecule has 18 heavy (non-hydrogen) atoms. The molecule has 102 valence electrons. The van der Waals surface area contributed by atoms with Gasteiger partial charge in [-0.3, -0.25) is 0 Å². The van der Waals surface area contributed by atoms with E-state index in [1.54, 1.807) is 45.0 Å². The summed E-state index contributed by atoms with van der Waals surface area (Å²) in [6.07, 6.45) is -1.14. The van der Waals surface area contributed by atoms with Crippen LogP contribution in [0.5, 0.6) is 0 Å². The first-order valence-electron chi connectivity index (χ1n) is 5.55. The Morgan fingerprint density at radius 3 is 2.39 bits per heavy atom. The lowest BCUT2D eigenvalue weighted by molar-refractivity contribution is 0.201. The number of aliphatic hydroxyl groups excluding tert-OH is 1. The van der Waals surface area contributed by atoms with Gasteiger partial charge in [-0.25, -0.2) is 13.1 Å². The molecule has 4 nitrogen and oxygen atoms in total. The molecule has 0 bridgehead atoms. The van der Waals surface area contributed by atoms with E-state index < -0.39 is 27.4 Å². The zero-order valence-electron chi connectivity index (χ0n) is 10.6. The van der Waals surface area contributed by atoms with Crippen LogP contribution >= 0.6 is 11.6 Å². The molecular weight excluding hydrogens is 274 g/mol. The number of benzene rings is 1.